The number of aromatic nitrogens is 2. The van der Waals surface area contributed by atoms with Crippen LogP contribution >= 0.6 is 0 Å². The van der Waals surface area contributed by atoms with Gasteiger partial charge in [-0.05, 0) is 47.7 Å². The average Bonchev–Trinajstić information content (AvgIpc) is 2.87. The van der Waals surface area contributed by atoms with Crippen LogP contribution in [0.25, 0.3) is 11.1 Å². The lowest BCUT2D eigenvalue weighted by molar-refractivity contribution is 0.0342. The minimum atomic E-state index is 0.166. The summed E-state index contributed by atoms with van der Waals surface area (Å²) in [5, 5.41) is 0. The fourth-order valence-electron chi connectivity index (χ4n) is 6.02. The molecule has 3 aliphatic rings. The SMILES string of the molecule is O=c1c(-c2ccccc2CN2CCOCC2)ccc2n1CC1CC2CN(Cc2ccccn2)C1. The van der Waals surface area contributed by atoms with Crippen molar-refractivity contribution in [2.75, 3.05) is 39.4 Å². The van der Waals surface area contributed by atoms with Gasteiger partial charge in [0.1, 0.15) is 0 Å². The van der Waals surface area contributed by atoms with E-state index < -0.39 is 0 Å². The van der Waals surface area contributed by atoms with Gasteiger partial charge in [-0.15, -0.1) is 0 Å². The van der Waals surface area contributed by atoms with E-state index in [4.69, 9.17) is 4.74 Å². The molecule has 2 bridgehead atoms. The lowest BCUT2D eigenvalue weighted by Crippen LogP contribution is -2.47. The molecular formula is C28H32N4O2. The van der Waals surface area contributed by atoms with Crippen molar-refractivity contribution in [1.82, 2.24) is 19.4 Å². The molecule has 0 radical (unpaired) electrons. The summed E-state index contributed by atoms with van der Waals surface area (Å²) in [6.07, 6.45) is 3.04. The molecule has 0 amide bonds. The van der Waals surface area contributed by atoms with E-state index in [1.807, 2.05) is 18.3 Å². The first-order valence-corrected chi connectivity index (χ1v) is 12.5. The molecule has 5 heterocycles. The Labute approximate surface area is 200 Å². The standard InChI is InChI=1S/C28H32N4O2/c33-28-26(25-7-2-1-5-22(25)18-30-11-13-34-14-12-30)8-9-27-23-15-21(17-32(27)28)16-31(19-23)20-24-6-3-4-10-29-24/h1-10,21,23H,11-20H2. The van der Waals surface area contributed by atoms with Crippen LogP contribution in [0.5, 0.6) is 0 Å². The second-order valence-electron chi connectivity index (χ2n) is 9.95. The molecule has 3 aromatic rings. The molecule has 0 N–H and O–H groups in total. The Morgan fingerprint density at radius 3 is 2.56 bits per heavy atom. The van der Waals surface area contributed by atoms with E-state index in [2.05, 4.69) is 61.8 Å². The number of likely N-dealkylation sites (tertiary alicyclic amines) is 1. The Morgan fingerprint density at radius 2 is 1.71 bits per heavy atom. The van der Waals surface area contributed by atoms with Gasteiger partial charge in [0.25, 0.3) is 5.56 Å². The highest BCUT2D eigenvalue weighted by Crippen LogP contribution is 2.36. The Bertz CT molecular complexity index is 1200. The van der Waals surface area contributed by atoms with Crippen molar-refractivity contribution < 1.29 is 4.74 Å². The molecule has 6 nitrogen and oxygen atoms in total. The van der Waals surface area contributed by atoms with Gasteiger partial charge in [0, 0.05) is 69.2 Å². The normalized spacial score (nSPS) is 22.9. The van der Waals surface area contributed by atoms with Crippen molar-refractivity contribution >= 4 is 0 Å². The largest absolute Gasteiger partial charge is 0.379 e. The maximum absolute atomic E-state index is 13.8. The van der Waals surface area contributed by atoms with Gasteiger partial charge in [-0.2, -0.15) is 0 Å². The molecule has 0 aliphatic carbocycles. The lowest BCUT2D eigenvalue weighted by Gasteiger charge is -2.42. The van der Waals surface area contributed by atoms with Gasteiger partial charge in [-0.25, -0.2) is 0 Å². The zero-order valence-corrected chi connectivity index (χ0v) is 19.6. The summed E-state index contributed by atoms with van der Waals surface area (Å²) in [4.78, 5) is 23.2. The van der Waals surface area contributed by atoms with Crippen LogP contribution in [0.1, 0.15) is 29.3 Å². The summed E-state index contributed by atoms with van der Waals surface area (Å²) < 4.78 is 7.59. The van der Waals surface area contributed by atoms with Gasteiger partial charge >= 0.3 is 0 Å². The zero-order chi connectivity index (χ0) is 22.9. The Morgan fingerprint density at radius 1 is 0.853 bits per heavy atom. The minimum absolute atomic E-state index is 0.166. The van der Waals surface area contributed by atoms with E-state index in [9.17, 15) is 4.79 Å². The third-order valence-corrected chi connectivity index (χ3v) is 7.60. The van der Waals surface area contributed by atoms with Crippen LogP contribution in [0.15, 0.2) is 65.6 Å². The number of hydrogen-bond acceptors (Lipinski definition) is 5. The summed E-state index contributed by atoms with van der Waals surface area (Å²) in [5.74, 6) is 0.910. The maximum Gasteiger partial charge on any atom is 0.258 e. The van der Waals surface area contributed by atoms with Gasteiger partial charge in [-0.1, -0.05) is 30.3 Å². The molecule has 2 unspecified atom stereocenters. The van der Waals surface area contributed by atoms with Gasteiger partial charge in [0.2, 0.25) is 0 Å². The highest BCUT2D eigenvalue weighted by Gasteiger charge is 2.35. The van der Waals surface area contributed by atoms with E-state index in [-0.39, 0.29) is 5.56 Å². The molecule has 2 fully saturated rings. The van der Waals surface area contributed by atoms with Crippen LogP contribution in [0, 0.1) is 5.92 Å². The monoisotopic (exact) mass is 456 g/mol. The van der Waals surface area contributed by atoms with E-state index in [1.165, 1.54) is 17.7 Å². The number of fused-ring (bicyclic) bond motifs is 4. The van der Waals surface area contributed by atoms with Gasteiger partial charge < -0.3 is 9.30 Å². The molecule has 0 saturated carbocycles. The second kappa shape index (κ2) is 9.45. The fraction of sp³-hybridized carbons (Fsp3) is 0.429. The van der Waals surface area contributed by atoms with E-state index >= 15 is 0 Å². The number of morpholine rings is 1. The maximum atomic E-state index is 13.8. The van der Waals surface area contributed by atoms with Crippen LogP contribution in [0.3, 0.4) is 0 Å². The van der Waals surface area contributed by atoms with Crippen molar-refractivity contribution in [2.24, 2.45) is 5.92 Å². The molecule has 2 saturated heterocycles. The van der Waals surface area contributed by atoms with Crippen molar-refractivity contribution in [2.45, 2.75) is 32.0 Å². The van der Waals surface area contributed by atoms with Crippen molar-refractivity contribution in [3.8, 4) is 11.1 Å². The molecule has 0 spiro atoms. The van der Waals surface area contributed by atoms with Crippen LogP contribution in [0.4, 0.5) is 0 Å². The smallest absolute Gasteiger partial charge is 0.258 e. The molecule has 176 valence electrons. The molecule has 34 heavy (non-hydrogen) atoms. The number of ether oxygens (including phenoxy) is 1. The first kappa shape index (κ1) is 21.7. The summed E-state index contributed by atoms with van der Waals surface area (Å²) in [5.41, 5.74) is 5.60. The highest BCUT2D eigenvalue weighted by molar-refractivity contribution is 5.66. The third-order valence-electron chi connectivity index (χ3n) is 7.60. The molecular weight excluding hydrogens is 424 g/mol. The Balaban J connectivity index is 1.27. The van der Waals surface area contributed by atoms with E-state index in [0.29, 0.717) is 11.8 Å². The van der Waals surface area contributed by atoms with Crippen LogP contribution in [-0.4, -0.2) is 58.7 Å². The predicted molar refractivity (Wildman–Crippen MR) is 133 cm³/mol. The molecule has 2 atom stereocenters. The van der Waals surface area contributed by atoms with Gasteiger partial charge in [-0.3, -0.25) is 19.6 Å². The van der Waals surface area contributed by atoms with Crippen LogP contribution < -0.4 is 5.56 Å². The summed E-state index contributed by atoms with van der Waals surface area (Å²) in [6.45, 7) is 8.00. The highest BCUT2D eigenvalue weighted by atomic mass is 16.5. The van der Waals surface area contributed by atoms with E-state index in [0.717, 1.165) is 75.8 Å². The molecule has 3 aliphatic heterocycles. The number of rotatable bonds is 5. The Kier molecular flexibility index (Phi) is 6.04. The van der Waals surface area contributed by atoms with Crippen molar-refractivity contribution in [1.29, 1.82) is 0 Å². The summed E-state index contributed by atoms with van der Waals surface area (Å²) >= 11 is 0. The number of nitrogens with zero attached hydrogens (tertiary/aromatic N) is 4. The predicted octanol–water partition coefficient (Wildman–Crippen LogP) is 3.36. The van der Waals surface area contributed by atoms with Gasteiger partial charge in [0.05, 0.1) is 18.9 Å². The quantitative estimate of drug-likeness (QED) is 0.589. The number of benzene rings is 1. The number of pyridine rings is 2. The molecule has 6 heteroatoms. The molecule has 1 aromatic carbocycles. The topological polar surface area (TPSA) is 50.6 Å². The number of piperidine rings is 1. The van der Waals surface area contributed by atoms with Gasteiger partial charge in [0.15, 0.2) is 0 Å². The fourth-order valence-corrected chi connectivity index (χ4v) is 6.02. The van der Waals surface area contributed by atoms with E-state index in [1.54, 1.807) is 0 Å². The number of hydrogen-bond donors (Lipinski definition) is 0. The first-order valence-electron chi connectivity index (χ1n) is 12.5. The van der Waals surface area contributed by atoms with Crippen LogP contribution in [0.2, 0.25) is 0 Å². The molecule has 6 rings (SSSR count). The molecule has 2 aromatic heterocycles. The minimum Gasteiger partial charge on any atom is -0.379 e. The first-order chi connectivity index (χ1) is 16.7. The zero-order valence-electron chi connectivity index (χ0n) is 19.6. The third kappa shape index (κ3) is 4.33. The van der Waals surface area contributed by atoms with Crippen LogP contribution in [-0.2, 0) is 24.4 Å². The summed E-state index contributed by atoms with van der Waals surface area (Å²) in [7, 11) is 0. The van der Waals surface area contributed by atoms with Crippen molar-refractivity contribution in [3.63, 3.8) is 0 Å². The summed E-state index contributed by atoms with van der Waals surface area (Å²) in [6, 6.07) is 18.8. The lowest BCUT2D eigenvalue weighted by atomic mass is 9.82. The second-order valence-corrected chi connectivity index (χ2v) is 9.95. The Hall–Kier alpha value is -2.80. The average molecular weight is 457 g/mol. The van der Waals surface area contributed by atoms with Crippen molar-refractivity contribution in [3.05, 3.63) is 88.1 Å².